The fourth-order valence-corrected chi connectivity index (χ4v) is 5.93. The molecule has 0 spiro atoms. The molecule has 292 valence electrons. The van der Waals surface area contributed by atoms with Crippen molar-refractivity contribution in [3.63, 3.8) is 0 Å². The van der Waals surface area contributed by atoms with Gasteiger partial charge in [-0.05, 0) is 70.6 Å². The average molecular weight is 708 g/mol. The number of aliphatic hydroxyl groups is 2. The zero-order chi connectivity index (χ0) is 37.1. The Hall–Kier alpha value is -2.43. The molecule has 0 aliphatic rings. The molecule has 0 rings (SSSR count). The summed E-state index contributed by atoms with van der Waals surface area (Å²) < 4.78 is 0. The lowest BCUT2D eigenvalue weighted by atomic mass is 10.0. The number of hydrogen-bond donors (Lipinski definition) is 3. The third-order valence-corrected chi connectivity index (χ3v) is 9.17. The molecule has 0 fully saturated rings. The number of amides is 1. The van der Waals surface area contributed by atoms with Crippen LogP contribution in [0, 0.1) is 0 Å². The number of aliphatic hydroxyl groups excluding tert-OH is 2. The maximum Gasteiger partial charge on any atom is 0.220 e. The van der Waals surface area contributed by atoms with Gasteiger partial charge < -0.3 is 15.5 Å². The molecular weight excluding hydrogens is 627 g/mol. The van der Waals surface area contributed by atoms with Crippen molar-refractivity contribution in [3.05, 3.63) is 85.1 Å². The predicted molar refractivity (Wildman–Crippen MR) is 225 cm³/mol. The zero-order valence-electron chi connectivity index (χ0n) is 33.3. The quantitative estimate of drug-likeness (QED) is 0.0445. The van der Waals surface area contributed by atoms with Gasteiger partial charge >= 0.3 is 0 Å². The van der Waals surface area contributed by atoms with Crippen LogP contribution in [-0.2, 0) is 4.79 Å². The number of allylic oxidation sites excluding steroid dienone is 14. The van der Waals surface area contributed by atoms with E-state index in [4.69, 9.17) is 0 Å². The molecule has 51 heavy (non-hydrogen) atoms. The maximum absolute atomic E-state index is 12.2. The molecule has 1 amide bonds. The molecule has 0 radical (unpaired) electrons. The average Bonchev–Trinajstić information content (AvgIpc) is 3.13. The summed E-state index contributed by atoms with van der Waals surface area (Å²) in [6.07, 6.45) is 61.4. The van der Waals surface area contributed by atoms with Crippen LogP contribution in [0.2, 0.25) is 0 Å². The Labute approximate surface area is 316 Å². The van der Waals surface area contributed by atoms with Crippen LogP contribution in [0.1, 0.15) is 187 Å². The summed E-state index contributed by atoms with van der Waals surface area (Å²) >= 11 is 0. The van der Waals surface area contributed by atoms with E-state index in [1.165, 1.54) is 77.0 Å². The van der Waals surface area contributed by atoms with Gasteiger partial charge in [0, 0.05) is 6.42 Å². The van der Waals surface area contributed by atoms with Gasteiger partial charge in [-0.1, -0.05) is 195 Å². The van der Waals surface area contributed by atoms with Crippen LogP contribution in [0.3, 0.4) is 0 Å². The van der Waals surface area contributed by atoms with Gasteiger partial charge in [-0.15, -0.1) is 0 Å². The summed E-state index contributed by atoms with van der Waals surface area (Å²) in [5.74, 6) is -0.0463. The fourth-order valence-electron chi connectivity index (χ4n) is 5.93. The first-order chi connectivity index (χ1) is 25.2. The minimum Gasteiger partial charge on any atom is -0.394 e. The molecule has 2 atom stereocenters. The van der Waals surface area contributed by atoms with Gasteiger partial charge in [-0.25, -0.2) is 0 Å². The van der Waals surface area contributed by atoms with Gasteiger partial charge in [0.25, 0.3) is 0 Å². The van der Waals surface area contributed by atoms with Gasteiger partial charge in [0.15, 0.2) is 0 Å². The Morgan fingerprint density at radius 3 is 1.27 bits per heavy atom. The molecule has 0 saturated heterocycles. The molecular formula is C47H81NO3. The Morgan fingerprint density at radius 1 is 0.490 bits per heavy atom. The first kappa shape index (κ1) is 48.6. The van der Waals surface area contributed by atoms with Crippen molar-refractivity contribution in [1.82, 2.24) is 5.32 Å². The molecule has 0 aromatic carbocycles. The molecule has 0 heterocycles. The lowest BCUT2D eigenvalue weighted by Crippen LogP contribution is -2.45. The number of carbonyl (C=O) groups excluding carboxylic acids is 1. The van der Waals surface area contributed by atoms with Crippen molar-refractivity contribution in [1.29, 1.82) is 0 Å². The second-order valence-electron chi connectivity index (χ2n) is 14.0. The summed E-state index contributed by atoms with van der Waals surface area (Å²) in [7, 11) is 0. The predicted octanol–water partition coefficient (Wildman–Crippen LogP) is 13.3. The van der Waals surface area contributed by atoms with Crippen LogP contribution in [0.5, 0.6) is 0 Å². The van der Waals surface area contributed by atoms with Crippen LogP contribution in [0.4, 0.5) is 0 Å². The first-order valence-corrected chi connectivity index (χ1v) is 21.3. The molecule has 0 aromatic heterocycles. The van der Waals surface area contributed by atoms with Crippen LogP contribution in [0.15, 0.2) is 85.1 Å². The molecule has 4 nitrogen and oxygen atoms in total. The Morgan fingerprint density at radius 2 is 0.863 bits per heavy atom. The fraction of sp³-hybridized carbons (Fsp3) is 0.681. The highest BCUT2D eigenvalue weighted by Gasteiger charge is 2.19. The molecule has 0 aromatic rings. The molecule has 4 heteroatoms. The number of nitrogens with one attached hydrogen (secondary N) is 1. The van der Waals surface area contributed by atoms with E-state index in [-0.39, 0.29) is 12.5 Å². The Bertz CT molecular complexity index is 941. The maximum atomic E-state index is 12.2. The normalized spacial score (nSPS) is 13.9. The monoisotopic (exact) mass is 708 g/mol. The highest BCUT2D eigenvalue weighted by atomic mass is 16.3. The van der Waals surface area contributed by atoms with Crippen LogP contribution in [0.25, 0.3) is 0 Å². The number of rotatable bonds is 37. The molecule has 0 saturated carbocycles. The summed E-state index contributed by atoms with van der Waals surface area (Å²) in [5.41, 5.74) is 0. The van der Waals surface area contributed by atoms with E-state index in [0.29, 0.717) is 12.8 Å². The summed E-state index contributed by atoms with van der Waals surface area (Å²) in [5, 5.41) is 22.7. The number of hydrogen-bond acceptors (Lipinski definition) is 3. The molecule has 0 aliphatic carbocycles. The topological polar surface area (TPSA) is 69.6 Å². The highest BCUT2D eigenvalue weighted by Crippen LogP contribution is 2.14. The summed E-state index contributed by atoms with van der Waals surface area (Å²) in [6, 6.07) is -0.536. The van der Waals surface area contributed by atoms with Gasteiger partial charge in [-0.2, -0.15) is 0 Å². The van der Waals surface area contributed by atoms with E-state index in [2.05, 4.69) is 104 Å². The molecule has 0 bridgehead atoms. The summed E-state index contributed by atoms with van der Waals surface area (Å²) in [6.45, 7) is 4.12. The minimum absolute atomic E-state index is 0.0463. The van der Waals surface area contributed by atoms with Gasteiger partial charge in [0.05, 0.1) is 18.8 Å². The summed E-state index contributed by atoms with van der Waals surface area (Å²) in [4.78, 5) is 12.2. The Kier molecular flexibility index (Phi) is 40.0. The lowest BCUT2D eigenvalue weighted by Gasteiger charge is -2.22. The van der Waals surface area contributed by atoms with Crippen molar-refractivity contribution in [2.24, 2.45) is 0 Å². The SMILES string of the molecule is CC/C=C\C/C=C\C/C=C\C/C=C\C/C=C\C/C=C\C/C=C\CCCCCCCCCCCCCCCC(=O)NC(CO)C(O)CCCCCC. The van der Waals surface area contributed by atoms with E-state index < -0.39 is 12.1 Å². The van der Waals surface area contributed by atoms with Gasteiger partial charge in [0.2, 0.25) is 5.91 Å². The molecule has 0 aliphatic heterocycles. The number of unbranched alkanes of at least 4 members (excludes halogenated alkanes) is 16. The van der Waals surface area contributed by atoms with Crippen LogP contribution < -0.4 is 5.32 Å². The second-order valence-corrected chi connectivity index (χ2v) is 14.0. The van der Waals surface area contributed by atoms with Crippen LogP contribution >= 0.6 is 0 Å². The van der Waals surface area contributed by atoms with Crippen molar-refractivity contribution in [2.45, 2.75) is 199 Å². The van der Waals surface area contributed by atoms with Crippen molar-refractivity contribution in [3.8, 4) is 0 Å². The van der Waals surface area contributed by atoms with Gasteiger partial charge in [0.1, 0.15) is 0 Å². The second kappa shape index (κ2) is 42.0. The largest absolute Gasteiger partial charge is 0.394 e. The van der Waals surface area contributed by atoms with Crippen molar-refractivity contribution < 1.29 is 15.0 Å². The minimum atomic E-state index is -0.659. The highest BCUT2D eigenvalue weighted by molar-refractivity contribution is 5.76. The molecule has 2 unspecified atom stereocenters. The van der Waals surface area contributed by atoms with Gasteiger partial charge in [-0.3, -0.25) is 4.79 Å². The van der Waals surface area contributed by atoms with E-state index in [1.807, 2.05) is 0 Å². The smallest absolute Gasteiger partial charge is 0.220 e. The third-order valence-electron chi connectivity index (χ3n) is 9.17. The first-order valence-electron chi connectivity index (χ1n) is 21.3. The Balaban J connectivity index is 3.48. The third kappa shape index (κ3) is 38.6. The standard InChI is InChI=1S/C47H81NO3/c1-3-5-7-9-10-11-12-13-14-15-16-17-18-19-20-21-22-23-24-25-26-27-28-29-30-31-32-33-34-35-36-37-38-39-41-43-47(51)48-45(44-49)46(50)42-40-8-6-4-2/h5,7,10-11,13-14,16-17,19-20,22-23,25-26,45-46,49-50H,3-4,6,8-9,12,15,18,21,24,27-44H2,1-2H3,(H,48,51)/b7-5-,11-10-,14-13-,17-16-,20-19-,23-22-,26-25-. The van der Waals surface area contributed by atoms with E-state index in [9.17, 15) is 15.0 Å². The zero-order valence-corrected chi connectivity index (χ0v) is 33.3. The van der Waals surface area contributed by atoms with Crippen LogP contribution in [-0.4, -0.2) is 34.9 Å². The van der Waals surface area contributed by atoms with E-state index in [0.717, 1.165) is 83.5 Å². The van der Waals surface area contributed by atoms with E-state index >= 15 is 0 Å². The van der Waals surface area contributed by atoms with E-state index in [1.54, 1.807) is 0 Å². The lowest BCUT2D eigenvalue weighted by molar-refractivity contribution is -0.123. The number of carbonyl (C=O) groups is 1. The molecule has 3 N–H and O–H groups in total. The van der Waals surface area contributed by atoms with Crippen molar-refractivity contribution >= 4 is 5.91 Å². The van der Waals surface area contributed by atoms with Crippen molar-refractivity contribution in [2.75, 3.05) is 6.61 Å².